The van der Waals surface area contributed by atoms with Crippen molar-refractivity contribution in [3.8, 4) is 22.8 Å². The SMILES string of the molecule is Cc1cc(C(=O)NCCN2CCCC2)cc(-c2ccc(Oc3ccc(F)cc3)cc2)n1. The van der Waals surface area contributed by atoms with Crippen LogP contribution in [0.5, 0.6) is 11.5 Å². The van der Waals surface area contributed by atoms with Crippen molar-refractivity contribution in [2.75, 3.05) is 26.2 Å². The summed E-state index contributed by atoms with van der Waals surface area (Å²) in [5, 5.41) is 3.02. The Morgan fingerprint density at radius 2 is 1.68 bits per heavy atom. The number of aryl methyl sites for hydroxylation is 1. The molecule has 0 spiro atoms. The van der Waals surface area contributed by atoms with Gasteiger partial charge in [0.05, 0.1) is 5.69 Å². The maximum atomic E-state index is 13.0. The standard InChI is InChI=1S/C25H26FN3O2/c1-18-16-20(25(30)27-12-15-29-13-2-3-14-29)17-24(28-18)19-4-8-22(9-5-19)31-23-10-6-21(26)7-11-23/h4-11,16-17H,2-3,12-15H2,1H3,(H,27,30). The molecule has 5 nitrogen and oxygen atoms in total. The van der Waals surface area contributed by atoms with E-state index in [4.69, 9.17) is 4.74 Å². The van der Waals surface area contributed by atoms with E-state index >= 15 is 0 Å². The molecule has 0 unspecified atom stereocenters. The Morgan fingerprint density at radius 1 is 1.03 bits per heavy atom. The summed E-state index contributed by atoms with van der Waals surface area (Å²) in [6, 6.07) is 17.0. The summed E-state index contributed by atoms with van der Waals surface area (Å²) in [7, 11) is 0. The molecule has 0 atom stereocenters. The van der Waals surface area contributed by atoms with Crippen LogP contribution >= 0.6 is 0 Å². The van der Waals surface area contributed by atoms with E-state index in [1.165, 1.54) is 25.0 Å². The number of carbonyl (C=O) groups excluding carboxylic acids is 1. The van der Waals surface area contributed by atoms with Gasteiger partial charge in [-0.15, -0.1) is 0 Å². The molecule has 1 fully saturated rings. The largest absolute Gasteiger partial charge is 0.457 e. The second-order valence-corrected chi connectivity index (χ2v) is 7.77. The third kappa shape index (κ3) is 5.67. The lowest BCUT2D eigenvalue weighted by molar-refractivity contribution is 0.0949. The number of aromatic nitrogens is 1. The zero-order chi connectivity index (χ0) is 21.6. The predicted molar refractivity (Wildman–Crippen MR) is 119 cm³/mol. The van der Waals surface area contributed by atoms with Gasteiger partial charge in [-0.2, -0.15) is 0 Å². The van der Waals surface area contributed by atoms with Gasteiger partial charge in [-0.3, -0.25) is 9.78 Å². The van der Waals surface area contributed by atoms with Crippen molar-refractivity contribution < 1.29 is 13.9 Å². The van der Waals surface area contributed by atoms with E-state index in [0.29, 0.717) is 23.6 Å². The number of ether oxygens (including phenoxy) is 1. The molecule has 0 aliphatic carbocycles. The topological polar surface area (TPSA) is 54.5 Å². The minimum Gasteiger partial charge on any atom is -0.457 e. The van der Waals surface area contributed by atoms with Gasteiger partial charge in [0.25, 0.3) is 5.91 Å². The second kappa shape index (κ2) is 9.71. The maximum Gasteiger partial charge on any atom is 0.251 e. The molecule has 1 amide bonds. The van der Waals surface area contributed by atoms with E-state index in [-0.39, 0.29) is 11.7 Å². The van der Waals surface area contributed by atoms with Gasteiger partial charge in [0, 0.05) is 29.9 Å². The normalized spacial score (nSPS) is 13.9. The first-order chi connectivity index (χ1) is 15.1. The van der Waals surface area contributed by atoms with Crippen LogP contribution in [0.4, 0.5) is 4.39 Å². The molecule has 1 aromatic heterocycles. The number of hydrogen-bond acceptors (Lipinski definition) is 4. The van der Waals surface area contributed by atoms with E-state index in [1.807, 2.05) is 37.3 Å². The number of likely N-dealkylation sites (tertiary alicyclic amines) is 1. The van der Waals surface area contributed by atoms with Crippen LogP contribution in [0.3, 0.4) is 0 Å². The monoisotopic (exact) mass is 419 g/mol. The Hall–Kier alpha value is -3.25. The number of pyridine rings is 1. The van der Waals surface area contributed by atoms with E-state index < -0.39 is 0 Å². The van der Waals surface area contributed by atoms with Gasteiger partial charge < -0.3 is 15.0 Å². The number of benzene rings is 2. The summed E-state index contributed by atoms with van der Waals surface area (Å²) >= 11 is 0. The van der Waals surface area contributed by atoms with Gasteiger partial charge in [0.15, 0.2) is 0 Å². The van der Waals surface area contributed by atoms with E-state index in [1.54, 1.807) is 18.2 Å². The van der Waals surface area contributed by atoms with E-state index in [2.05, 4.69) is 15.2 Å². The molecule has 2 heterocycles. The lowest BCUT2D eigenvalue weighted by Gasteiger charge is -2.15. The average Bonchev–Trinajstić information content (AvgIpc) is 3.29. The van der Waals surface area contributed by atoms with Gasteiger partial charge in [-0.05, 0) is 93.5 Å². The van der Waals surface area contributed by atoms with Gasteiger partial charge >= 0.3 is 0 Å². The first-order valence-corrected chi connectivity index (χ1v) is 10.6. The highest BCUT2D eigenvalue weighted by molar-refractivity contribution is 5.95. The molecular weight excluding hydrogens is 393 g/mol. The highest BCUT2D eigenvalue weighted by atomic mass is 19.1. The fourth-order valence-corrected chi connectivity index (χ4v) is 3.72. The van der Waals surface area contributed by atoms with Crippen molar-refractivity contribution >= 4 is 5.91 Å². The molecule has 0 saturated carbocycles. The Labute approximate surface area is 181 Å². The zero-order valence-corrected chi connectivity index (χ0v) is 17.6. The number of halogens is 1. The summed E-state index contributed by atoms with van der Waals surface area (Å²) in [4.78, 5) is 19.6. The molecule has 1 N–H and O–H groups in total. The van der Waals surface area contributed by atoms with Crippen LogP contribution in [0.1, 0.15) is 28.9 Å². The van der Waals surface area contributed by atoms with Crippen LogP contribution in [-0.4, -0.2) is 42.0 Å². The Morgan fingerprint density at radius 3 is 2.35 bits per heavy atom. The third-order valence-corrected chi connectivity index (χ3v) is 5.33. The Balaban J connectivity index is 1.42. The fraction of sp³-hybridized carbons (Fsp3) is 0.280. The molecule has 6 heteroatoms. The summed E-state index contributed by atoms with van der Waals surface area (Å²) in [6.45, 7) is 5.66. The lowest BCUT2D eigenvalue weighted by atomic mass is 10.1. The minimum atomic E-state index is -0.302. The molecule has 1 aliphatic rings. The van der Waals surface area contributed by atoms with Crippen molar-refractivity contribution in [3.05, 3.63) is 77.7 Å². The predicted octanol–water partition coefficient (Wildman–Crippen LogP) is 4.81. The van der Waals surface area contributed by atoms with Crippen LogP contribution < -0.4 is 10.1 Å². The third-order valence-electron chi connectivity index (χ3n) is 5.33. The number of rotatable bonds is 7. The van der Waals surface area contributed by atoms with Crippen molar-refractivity contribution in [1.82, 2.24) is 15.2 Å². The summed E-state index contributed by atoms with van der Waals surface area (Å²) < 4.78 is 18.8. The quantitative estimate of drug-likeness (QED) is 0.597. The smallest absolute Gasteiger partial charge is 0.251 e. The summed E-state index contributed by atoms with van der Waals surface area (Å²) in [5.74, 6) is 0.824. The van der Waals surface area contributed by atoms with Gasteiger partial charge in [-0.1, -0.05) is 0 Å². The maximum absolute atomic E-state index is 13.0. The van der Waals surface area contributed by atoms with Crippen molar-refractivity contribution in [2.45, 2.75) is 19.8 Å². The molecule has 2 aromatic carbocycles. The number of hydrogen-bond donors (Lipinski definition) is 1. The molecule has 0 radical (unpaired) electrons. The number of nitrogens with one attached hydrogen (secondary N) is 1. The van der Waals surface area contributed by atoms with Crippen molar-refractivity contribution in [3.63, 3.8) is 0 Å². The molecule has 3 aromatic rings. The Bertz CT molecular complexity index is 1030. The van der Waals surface area contributed by atoms with Gasteiger partial charge in [0.1, 0.15) is 17.3 Å². The second-order valence-electron chi connectivity index (χ2n) is 7.77. The molecule has 0 bridgehead atoms. The first-order valence-electron chi connectivity index (χ1n) is 10.6. The van der Waals surface area contributed by atoms with Crippen LogP contribution in [0.25, 0.3) is 11.3 Å². The molecule has 1 saturated heterocycles. The van der Waals surface area contributed by atoms with Crippen molar-refractivity contribution in [2.24, 2.45) is 0 Å². The minimum absolute atomic E-state index is 0.0813. The lowest BCUT2D eigenvalue weighted by Crippen LogP contribution is -2.33. The Kier molecular flexibility index (Phi) is 6.57. The van der Waals surface area contributed by atoms with Gasteiger partial charge in [0.2, 0.25) is 0 Å². The number of amides is 1. The van der Waals surface area contributed by atoms with Crippen LogP contribution in [0.15, 0.2) is 60.7 Å². The van der Waals surface area contributed by atoms with Crippen LogP contribution in [-0.2, 0) is 0 Å². The van der Waals surface area contributed by atoms with Crippen molar-refractivity contribution in [1.29, 1.82) is 0 Å². The molecule has 31 heavy (non-hydrogen) atoms. The summed E-state index contributed by atoms with van der Waals surface area (Å²) in [5.41, 5.74) is 3.02. The first kappa shape index (κ1) is 21.0. The fourth-order valence-electron chi connectivity index (χ4n) is 3.72. The average molecular weight is 420 g/mol. The van der Waals surface area contributed by atoms with Crippen LogP contribution in [0.2, 0.25) is 0 Å². The highest BCUT2D eigenvalue weighted by Gasteiger charge is 2.13. The van der Waals surface area contributed by atoms with Gasteiger partial charge in [-0.25, -0.2) is 4.39 Å². The number of nitrogens with zero attached hydrogens (tertiary/aromatic N) is 2. The van der Waals surface area contributed by atoms with Crippen LogP contribution in [0, 0.1) is 12.7 Å². The van der Waals surface area contributed by atoms with E-state index in [0.717, 1.165) is 36.6 Å². The molecule has 4 rings (SSSR count). The molecular formula is C25H26FN3O2. The molecule has 1 aliphatic heterocycles. The van der Waals surface area contributed by atoms with E-state index in [9.17, 15) is 9.18 Å². The highest BCUT2D eigenvalue weighted by Crippen LogP contribution is 2.26. The number of carbonyl (C=O) groups is 1. The zero-order valence-electron chi connectivity index (χ0n) is 17.6. The molecule has 160 valence electrons. The summed E-state index contributed by atoms with van der Waals surface area (Å²) in [6.07, 6.45) is 2.49.